The number of nitrogens with zero attached hydrogens (tertiary/aromatic N) is 1. The monoisotopic (exact) mass is 283 g/mol. The minimum atomic E-state index is -0.518. The predicted molar refractivity (Wildman–Crippen MR) is 82.4 cm³/mol. The van der Waals surface area contributed by atoms with E-state index >= 15 is 0 Å². The molecule has 0 fully saturated rings. The lowest BCUT2D eigenvalue weighted by molar-refractivity contribution is 0.0817. The summed E-state index contributed by atoms with van der Waals surface area (Å²) in [6, 6.07) is 13.5. The van der Waals surface area contributed by atoms with Crippen LogP contribution < -0.4 is 9.64 Å². The van der Waals surface area contributed by atoms with Crippen molar-refractivity contribution in [3.8, 4) is 5.75 Å². The maximum absolute atomic E-state index is 12.2. The number of anilines is 1. The van der Waals surface area contributed by atoms with E-state index in [0.717, 1.165) is 5.69 Å². The van der Waals surface area contributed by atoms with Crippen molar-refractivity contribution in [2.24, 2.45) is 0 Å². The minimum absolute atomic E-state index is 0.359. The van der Waals surface area contributed by atoms with Crippen LogP contribution in [0.4, 0.5) is 5.69 Å². The van der Waals surface area contributed by atoms with Gasteiger partial charge in [-0.05, 0) is 48.5 Å². The normalized spacial score (nSPS) is 10.0. The number of ketones is 2. The Hall–Kier alpha value is -2.62. The van der Waals surface area contributed by atoms with E-state index in [4.69, 9.17) is 4.74 Å². The summed E-state index contributed by atoms with van der Waals surface area (Å²) in [6.07, 6.45) is 0. The van der Waals surface area contributed by atoms with Gasteiger partial charge in [-0.15, -0.1) is 0 Å². The number of hydrogen-bond donors (Lipinski definition) is 0. The molecule has 0 heterocycles. The molecule has 0 aromatic heterocycles. The number of benzene rings is 2. The van der Waals surface area contributed by atoms with Gasteiger partial charge in [0.05, 0.1) is 7.11 Å². The molecule has 0 saturated carbocycles. The largest absolute Gasteiger partial charge is 0.497 e. The summed E-state index contributed by atoms with van der Waals surface area (Å²) in [4.78, 5) is 26.3. The molecule has 21 heavy (non-hydrogen) atoms. The van der Waals surface area contributed by atoms with E-state index in [-0.39, 0.29) is 0 Å². The molecule has 0 radical (unpaired) electrons. The summed E-state index contributed by atoms with van der Waals surface area (Å²) in [6.45, 7) is 0. The van der Waals surface area contributed by atoms with Crippen molar-refractivity contribution in [1.82, 2.24) is 0 Å². The summed E-state index contributed by atoms with van der Waals surface area (Å²) >= 11 is 0. The van der Waals surface area contributed by atoms with Crippen LogP contribution in [-0.2, 0) is 0 Å². The molecule has 0 atom stereocenters. The van der Waals surface area contributed by atoms with Crippen LogP contribution in [0, 0.1) is 0 Å². The second-order valence-corrected chi connectivity index (χ2v) is 4.83. The third kappa shape index (κ3) is 3.28. The van der Waals surface area contributed by atoms with Gasteiger partial charge in [-0.1, -0.05) is 0 Å². The summed E-state index contributed by atoms with van der Waals surface area (Å²) in [5, 5.41) is 0. The van der Waals surface area contributed by atoms with Gasteiger partial charge < -0.3 is 9.64 Å². The first kappa shape index (κ1) is 14.8. The fourth-order valence-electron chi connectivity index (χ4n) is 1.92. The average molecular weight is 283 g/mol. The van der Waals surface area contributed by atoms with Gasteiger partial charge in [0.15, 0.2) is 0 Å². The molecule has 2 aromatic carbocycles. The van der Waals surface area contributed by atoms with E-state index in [1.807, 2.05) is 31.1 Å². The highest BCUT2D eigenvalue weighted by Crippen LogP contribution is 2.16. The lowest BCUT2D eigenvalue weighted by Gasteiger charge is -2.12. The second kappa shape index (κ2) is 6.22. The number of ether oxygens (including phenoxy) is 1. The molecule has 0 N–H and O–H groups in total. The van der Waals surface area contributed by atoms with Gasteiger partial charge in [0.1, 0.15) is 5.75 Å². The molecule has 4 nitrogen and oxygen atoms in total. The van der Waals surface area contributed by atoms with Gasteiger partial charge in [-0.25, -0.2) is 0 Å². The van der Waals surface area contributed by atoms with E-state index in [9.17, 15) is 9.59 Å². The summed E-state index contributed by atoms with van der Waals surface area (Å²) in [7, 11) is 5.38. The van der Waals surface area contributed by atoms with E-state index in [0.29, 0.717) is 16.9 Å². The Labute approximate surface area is 124 Å². The number of rotatable bonds is 5. The summed E-state index contributed by atoms with van der Waals surface area (Å²) < 4.78 is 5.03. The number of carbonyl (C=O) groups is 2. The molecule has 2 rings (SSSR count). The Morgan fingerprint density at radius 1 is 0.810 bits per heavy atom. The number of Topliss-reactive ketones (excluding diaryl/α,β-unsaturated/α-hetero) is 2. The highest BCUT2D eigenvalue weighted by molar-refractivity contribution is 6.49. The van der Waals surface area contributed by atoms with Crippen molar-refractivity contribution < 1.29 is 14.3 Å². The smallest absolute Gasteiger partial charge is 0.233 e. The van der Waals surface area contributed by atoms with Gasteiger partial charge >= 0.3 is 0 Å². The average Bonchev–Trinajstić information content (AvgIpc) is 2.53. The third-order valence-electron chi connectivity index (χ3n) is 3.20. The van der Waals surface area contributed by atoms with Crippen LogP contribution in [0.3, 0.4) is 0 Å². The zero-order valence-corrected chi connectivity index (χ0v) is 12.3. The van der Waals surface area contributed by atoms with Crippen LogP contribution in [0.1, 0.15) is 20.7 Å². The van der Waals surface area contributed by atoms with Crippen molar-refractivity contribution in [3.05, 3.63) is 59.7 Å². The fourth-order valence-corrected chi connectivity index (χ4v) is 1.92. The van der Waals surface area contributed by atoms with Gasteiger partial charge in [0, 0.05) is 30.9 Å². The minimum Gasteiger partial charge on any atom is -0.497 e. The molecule has 0 aliphatic heterocycles. The molecule has 0 aliphatic carbocycles. The molecule has 0 bridgehead atoms. The van der Waals surface area contributed by atoms with E-state index in [1.54, 1.807) is 43.5 Å². The highest BCUT2D eigenvalue weighted by atomic mass is 16.5. The van der Waals surface area contributed by atoms with Crippen molar-refractivity contribution in [3.63, 3.8) is 0 Å². The zero-order valence-electron chi connectivity index (χ0n) is 12.3. The van der Waals surface area contributed by atoms with E-state index < -0.39 is 11.6 Å². The van der Waals surface area contributed by atoms with E-state index in [2.05, 4.69) is 0 Å². The quantitative estimate of drug-likeness (QED) is 0.625. The van der Waals surface area contributed by atoms with Crippen molar-refractivity contribution >= 4 is 17.3 Å². The number of carbonyl (C=O) groups excluding carboxylic acids is 2. The van der Waals surface area contributed by atoms with Crippen LogP contribution in [0.2, 0.25) is 0 Å². The predicted octanol–water partition coefficient (Wildman–Crippen LogP) is 2.83. The van der Waals surface area contributed by atoms with Crippen molar-refractivity contribution in [2.45, 2.75) is 0 Å². The third-order valence-corrected chi connectivity index (χ3v) is 3.20. The molecular formula is C17H17NO3. The first-order valence-corrected chi connectivity index (χ1v) is 6.53. The highest BCUT2D eigenvalue weighted by Gasteiger charge is 2.18. The zero-order chi connectivity index (χ0) is 15.4. The van der Waals surface area contributed by atoms with E-state index in [1.165, 1.54) is 0 Å². The van der Waals surface area contributed by atoms with Crippen LogP contribution in [-0.4, -0.2) is 32.8 Å². The SMILES string of the molecule is COc1ccc(C(=O)C(=O)c2ccc(N(C)C)cc2)cc1. The first-order chi connectivity index (χ1) is 10.0. The topological polar surface area (TPSA) is 46.6 Å². The van der Waals surface area contributed by atoms with Gasteiger partial charge in [0.25, 0.3) is 0 Å². The fraction of sp³-hybridized carbons (Fsp3) is 0.176. The summed E-state index contributed by atoms with van der Waals surface area (Å²) in [5.41, 5.74) is 1.72. The molecule has 0 amide bonds. The molecule has 0 spiro atoms. The van der Waals surface area contributed by atoms with Gasteiger partial charge in [-0.3, -0.25) is 9.59 Å². The standard InChI is InChI=1S/C17H17NO3/c1-18(2)14-8-4-12(5-9-14)16(19)17(20)13-6-10-15(21-3)11-7-13/h4-11H,1-3H3. The van der Waals surface area contributed by atoms with Crippen LogP contribution >= 0.6 is 0 Å². The Bertz CT molecular complexity index is 643. The summed E-state index contributed by atoms with van der Waals surface area (Å²) in [5.74, 6) is -0.380. The molecule has 0 saturated heterocycles. The van der Waals surface area contributed by atoms with Crippen molar-refractivity contribution in [1.29, 1.82) is 0 Å². The Balaban J connectivity index is 2.19. The molecule has 0 aliphatic rings. The Morgan fingerprint density at radius 2 is 1.24 bits per heavy atom. The Morgan fingerprint density at radius 3 is 1.62 bits per heavy atom. The van der Waals surface area contributed by atoms with Gasteiger partial charge in [-0.2, -0.15) is 0 Å². The Kier molecular flexibility index (Phi) is 4.38. The lowest BCUT2D eigenvalue weighted by atomic mass is 10.0. The second-order valence-electron chi connectivity index (χ2n) is 4.83. The molecule has 4 heteroatoms. The van der Waals surface area contributed by atoms with Crippen LogP contribution in [0.25, 0.3) is 0 Å². The first-order valence-electron chi connectivity index (χ1n) is 6.53. The molecular weight excluding hydrogens is 266 g/mol. The van der Waals surface area contributed by atoms with Crippen LogP contribution in [0.15, 0.2) is 48.5 Å². The van der Waals surface area contributed by atoms with Crippen LogP contribution in [0.5, 0.6) is 5.75 Å². The maximum Gasteiger partial charge on any atom is 0.233 e. The molecule has 2 aromatic rings. The van der Waals surface area contributed by atoms with Crippen molar-refractivity contribution in [2.75, 3.05) is 26.1 Å². The molecule has 108 valence electrons. The maximum atomic E-state index is 12.2. The van der Waals surface area contributed by atoms with Gasteiger partial charge in [0.2, 0.25) is 11.6 Å². The lowest BCUT2D eigenvalue weighted by Crippen LogP contribution is -2.15. The number of hydrogen-bond acceptors (Lipinski definition) is 4. The molecule has 0 unspecified atom stereocenters. The number of methoxy groups -OCH3 is 1.